The lowest BCUT2D eigenvalue weighted by Gasteiger charge is -2.06. The molecule has 3 rings (SSSR count). The molecule has 0 atom stereocenters. The van der Waals surface area contributed by atoms with Gasteiger partial charge in [0.1, 0.15) is 0 Å². The third kappa shape index (κ3) is 4.31. The molecule has 0 spiro atoms. The van der Waals surface area contributed by atoms with Crippen molar-refractivity contribution in [3.8, 4) is 11.8 Å². The molecular weight excluding hydrogens is 369 g/mol. The summed E-state index contributed by atoms with van der Waals surface area (Å²) in [4.78, 5) is 16.5. The smallest absolute Gasteiger partial charge is 0.341 e. The highest BCUT2D eigenvalue weighted by Gasteiger charge is 2.30. The van der Waals surface area contributed by atoms with E-state index in [1.165, 1.54) is 18.3 Å². The first-order chi connectivity index (χ1) is 13.3. The molecule has 3 aromatic rings. The van der Waals surface area contributed by atoms with Gasteiger partial charge in [0, 0.05) is 23.2 Å². The number of halogens is 3. The monoisotopic (exact) mass is 386 g/mol. The van der Waals surface area contributed by atoms with Gasteiger partial charge in [-0.3, -0.25) is 4.79 Å². The van der Waals surface area contributed by atoms with E-state index < -0.39 is 11.7 Å². The highest BCUT2D eigenvalue weighted by atomic mass is 19.4. The maximum Gasteiger partial charge on any atom is 0.416 e. The van der Waals surface area contributed by atoms with E-state index in [0.717, 1.165) is 17.5 Å². The predicted octanol–water partition coefficient (Wildman–Crippen LogP) is 3.81. The number of carbonyl (C=O) groups is 1. The first-order valence-electron chi connectivity index (χ1n) is 8.53. The van der Waals surface area contributed by atoms with Crippen molar-refractivity contribution in [2.24, 2.45) is 0 Å². The molecule has 8 heteroatoms. The van der Waals surface area contributed by atoms with Crippen LogP contribution in [0.4, 0.5) is 13.2 Å². The minimum absolute atomic E-state index is 0.00162. The average molecular weight is 386 g/mol. The lowest BCUT2D eigenvalue weighted by molar-refractivity contribution is -0.137. The molecule has 28 heavy (non-hydrogen) atoms. The lowest BCUT2D eigenvalue weighted by atomic mass is 10.1. The Balaban J connectivity index is 1.65. The fraction of sp³-hybridized carbons (Fsp3) is 0.250. The van der Waals surface area contributed by atoms with Gasteiger partial charge in [-0.15, -0.1) is 0 Å². The highest BCUT2D eigenvalue weighted by molar-refractivity contribution is 5.96. The summed E-state index contributed by atoms with van der Waals surface area (Å²) < 4.78 is 39.8. The fourth-order valence-electron chi connectivity index (χ4n) is 2.59. The minimum atomic E-state index is -4.42. The summed E-state index contributed by atoms with van der Waals surface area (Å²) in [6.45, 7) is 3.97. The van der Waals surface area contributed by atoms with Crippen molar-refractivity contribution in [1.29, 1.82) is 0 Å². The molecule has 0 radical (unpaired) electrons. The molecule has 0 unspecified atom stereocenters. The first kappa shape index (κ1) is 19.4. The van der Waals surface area contributed by atoms with Gasteiger partial charge in [-0.2, -0.15) is 18.3 Å². The molecule has 0 aliphatic heterocycles. The number of amides is 1. The largest absolute Gasteiger partial charge is 0.416 e. The molecule has 0 saturated heterocycles. The number of alkyl halides is 3. The molecule has 144 valence electrons. The van der Waals surface area contributed by atoms with Gasteiger partial charge in [-0.25, -0.2) is 9.67 Å². The van der Waals surface area contributed by atoms with Crippen LogP contribution >= 0.6 is 0 Å². The summed E-state index contributed by atoms with van der Waals surface area (Å²) in [6, 6.07) is 6.56. The van der Waals surface area contributed by atoms with Gasteiger partial charge in [0.25, 0.3) is 5.91 Å². The van der Waals surface area contributed by atoms with E-state index in [-0.39, 0.29) is 24.1 Å². The van der Waals surface area contributed by atoms with Gasteiger partial charge in [0.05, 0.1) is 23.9 Å². The normalized spacial score (nSPS) is 11.4. The number of aromatic nitrogens is 3. The van der Waals surface area contributed by atoms with Crippen LogP contribution < -0.4 is 5.32 Å². The van der Waals surface area contributed by atoms with E-state index in [2.05, 4.69) is 27.2 Å². The zero-order valence-corrected chi connectivity index (χ0v) is 15.2. The summed E-state index contributed by atoms with van der Waals surface area (Å²) >= 11 is 0. The molecule has 2 heterocycles. The van der Waals surface area contributed by atoms with E-state index >= 15 is 0 Å². The Morgan fingerprint density at radius 3 is 2.75 bits per heavy atom. The maximum absolute atomic E-state index is 12.7. The number of hydrogen-bond donors (Lipinski definition) is 1. The molecule has 5 nitrogen and oxygen atoms in total. The number of fused-ring (bicyclic) bond motifs is 1. The molecule has 0 saturated carbocycles. The van der Waals surface area contributed by atoms with Crippen LogP contribution in [-0.2, 0) is 6.18 Å². The predicted molar refractivity (Wildman–Crippen MR) is 98.6 cm³/mol. The summed E-state index contributed by atoms with van der Waals surface area (Å²) in [7, 11) is 0. The quantitative estimate of drug-likeness (QED) is 0.697. The van der Waals surface area contributed by atoms with Gasteiger partial charge in [-0.05, 0) is 38.1 Å². The van der Waals surface area contributed by atoms with Crippen molar-refractivity contribution in [2.45, 2.75) is 26.1 Å². The molecule has 1 amide bonds. The number of carbonyl (C=O) groups excluding carboxylic acids is 1. The Hall–Kier alpha value is -3.34. The summed E-state index contributed by atoms with van der Waals surface area (Å²) in [6.07, 6.45) is -1.31. The van der Waals surface area contributed by atoms with E-state index in [1.54, 1.807) is 16.9 Å². The van der Waals surface area contributed by atoms with Crippen molar-refractivity contribution < 1.29 is 18.0 Å². The minimum Gasteiger partial charge on any atom is -0.341 e. The third-order valence-electron chi connectivity index (χ3n) is 3.94. The van der Waals surface area contributed by atoms with E-state index in [1.807, 2.05) is 13.8 Å². The van der Waals surface area contributed by atoms with Crippen LogP contribution in [0.3, 0.4) is 0 Å². The Labute approximate surface area is 159 Å². The van der Waals surface area contributed by atoms with Crippen molar-refractivity contribution >= 4 is 16.9 Å². The van der Waals surface area contributed by atoms with Crippen LogP contribution in [0.5, 0.6) is 0 Å². The molecule has 0 bridgehead atoms. The average Bonchev–Trinajstić information content (AvgIpc) is 3.08. The van der Waals surface area contributed by atoms with Crippen LogP contribution in [0.15, 0.2) is 42.7 Å². The zero-order valence-electron chi connectivity index (χ0n) is 15.2. The lowest BCUT2D eigenvalue weighted by Crippen LogP contribution is -2.23. The van der Waals surface area contributed by atoms with Crippen LogP contribution in [0.1, 0.15) is 41.4 Å². The van der Waals surface area contributed by atoms with Gasteiger partial charge in [0.15, 0.2) is 5.65 Å². The number of nitrogens with one attached hydrogen (secondary N) is 1. The molecule has 0 fully saturated rings. The van der Waals surface area contributed by atoms with Crippen molar-refractivity contribution in [2.75, 3.05) is 6.54 Å². The van der Waals surface area contributed by atoms with Gasteiger partial charge in [0.2, 0.25) is 0 Å². The summed E-state index contributed by atoms with van der Waals surface area (Å²) in [5, 5.41) is 7.60. The van der Waals surface area contributed by atoms with Crippen molar-refractivity contribution in [3.05, 3.63) is 59.4 Å². The Morgan fingerprint density at radius 2 is 2.04 bits per heavy atom. The summed E-state index contributed by atoms with van der Waals surface area (Å²) in [5.41, 5.74) is 0.519. The van der Waals surface area contributed by atoms with Crippen molar-refractivity contribution in [3.63, 3.8) is 0 Å². The Kier molecular flexibility index (Phi) is 5.36. The molecule has 0 aliphatic carbocycles. The Morgan fingerprint density at radius 1 is 1.25 bits per heavy atom. The maximum atomic E-state index is 12.7. The van der Waals surface area contributed by atoms with Crippen LogP contribution in [0.25, 0.3) is 11.0 Å². The molecular formula is C20H17F3N4O. The van der Waals surface area contributed by atoms with Crippen LogP contribution in [-0.4, -0.2) is 27.2 Å². The van der Waals surface area contributed by atoms with E-state index in [4.69, 9.17) is 0 Å². The van der Waals surface area contributed by atoms with Gasteiger partial charge >= 0.3 is 6.18 Å². The second-order valence-corrected chi connectivity index (χ2v) is 6.38. The SMILES string of the molecule is CC(C)n1ncc2cc(C(=O)NCC#Cc3cccc(C(F)(F)F)c3)cnc21. The van der Waals surface area contributed by atoms with E-state index in [0.29, 0.717) is 11.2 Å². The summed E-state index contributed by atoms with van der Waals surface area (Å²) in [5.74, 6) is 4.90. The number of pyridine rings is 1. The zero-order chi connectivity index (χ0) is 20.3. The molecule has 2 aromatic heterocycles. The number of hydrogen-bond acceptors (Lipinski definition) is 3. The van der Waals surface area contributed by atoms with E-state index in [9.17, 15) is 18.0 Å². The number of nitrogens with zero attached hydrogens (tertiary/aromatic N) is 3. The van der Waals surface area contributed by atoms with Crippen LogP contribution in [0, 0.1) is 11.8 Å². The molecule has 1 N–H and O–H groups in total. The molecule has 0 aliphatic rings. The first-order valence-corrected chi connectivity index (χ1v) is 8.53. The Bertz CT molecular complexity index is 1070. The second kappa shape index (κ2) is 7.72. The second-order valence-electron chi connectivity index (χ2n) is 6.38. The molecule has 1 aromatic carbocycles. The van der Waals surface area contributed by atoms with Crippen LogP contribution in [0.2, 0.25) is 0 Å². The van der Waals surface area contributed by atoms with Crippen molar-refractivity contribution in [1.82, 2.24) is 20.1 Å². The van der Waals surface area contributed by atoms with Gasteiger partial charge < -0.3 is 5.32 Å². The standard InChI is InChI=1S/C20H17F3N4O/c1-13(2)27-18-15(12-26-27)10-16(11-25-18)19(28)24-8-4-6-14-5-3-7-17(9-14)20(21,22)23/h3,5,7,9-13H,8H2,1-2H3,(H,24,28). The fourth-order valence-corrected chi connectivity index (χ4v) is 2.59. The van der Waals surface area contributed by atoms with Gasteiger partial charge in [-0.1, -0.05) is 17.9 Å². The number of benzene rings is 1. The number of rotatable bonds is 3. The third-order valence-corrected chi connectivity index (χ3v) is 3.94. The highest BCUT2D eigenvalue weighted by Crippen LogP contribution is 2.29. The topological polar surface area (TPSA) is 59.8 Å².